The number of carbonyl (C=O) groups is 3. The van der Waals surface area contributed by atoms with E-state index in [4.69, 9.17) is 14.2 Å². The van der Waals surface area contributed by atoms with Gasteiger partial charge < -0.3 is 19.1 Å². The molecule has 3 aromatic rings. The quantitative estimate of drug-likeness (QED) is 0.267. The highest BCUT2D eigenvalue weighted by Crippen LogP contribution is 2.38. The minimum Gasteiger partial charge on any atom is -0.496 e. The molecule has 254 valence electrons. The van der Waals surface area contributed by atoms with Gasteiger partial charge in [-0.05, 0) is 75.9 Å². The smallest absolute Gasteiger partial charge is 0.419 e. The lowest BCUT2D eigenvalue weighted by Crippen LogP contribution is -2.49. The predicted molar refractivity (Wildman–Crippen MR) is 174 cm³/mol. The highest BCUT2D eigenvalue weighted by atomic mass is 19.3. The van der Waals surface area contributed by atoms with Crippen LogP contribution < -0.4 is 9.64 Å². The molecule has 0 radical (unpaired) electrons. The van der Waals surface area contributed by atoms with Crippen LogP contribution in [0.3, 0.4) is 0 Å². The maximum absolute atomic E-state index is 13.6. The van der Waals surface area contributed by atoms with Crippen molar-refractivity contribution in [1.29, 1.82) is 0 Å². The number of hydrogen-bond donors (Lipinski definition) is 0. The number of ether oxygens (including phenoxy) is 3. The van der Waals surface area contributed by atoms with Crippen LogP contribution in [0.1, 0.15) is 73.1 Å². The molecule has 0 N–H and O–H groups in total. The SMILES string of the molecule is COC(=O)c1ccc([C@@H]2CN(CC(F)F)CCN2Cc2c(OC)cc(C)c3c2ccn3C(=O)OC(C)(C)C)cc1N1CCCCC1=O. The molecular formula is C35H44F2N4O6. The van der Waals surface area contributed by atoms with Gasteiger partial charge in [-0.25, -0.2) is 18.4 Å². The first-order valence-electron chi connectivity index (χ1n) is 16.0. The Labute approximate surface area is 274 Å². The number of nitrogens with zero attached hydrogens (tertiary/aromatic N) is 4. The molecule has 2 fully saturated rings. The molecule has 1 amide bonds. The fraction of sp³-hybridized carbons (Fsp3) is 0.514. The first-order valence-corrected chi connectivity index (χ1v) is 16.0. The molecule has 1 atom stereocenters. The zero-order valence-electron chi connectivity index (χ0n) is 28.0. The number of aryl methyl sites for hydroxylation is 1. The minimum atomic E-state index is -2.49. The summed E-state index contributed by atoms with van der Waals surface area (Å²) in [5.74, 6) is 0.0250. The van der Waals surface area contributed by atoms with E-state index in [9.17, 15) is 23.2 Å². The van der Waals surface area contributed by atoms with Gasteiger partial charge in [0.15, 0.2) is 0 Å². The molecular weight excluding hydrogens is 610 g/mol. The summed E-state index contributed by atoms with van der Waals surface area (Å²) in [6.07, 6.45) is 0.685. The molecule has 0 unspecified atom stereocenters. The molecule has 5 rings (SSSR count). The number of piperidine rings is 1. The Balaban J connectivity index is 1.58. The van der Waals surface area contributed by atoms with E-state index in [1.54, 1.807) is 29.2 Å². The normalized spacial score (nSPS) is 18.2. The molecule has 47 heavy (non-hydrogen) atoms. The number of hydrogen-bond acceptors (Lipinski definition) is 8. The molecule has 2 aliphatic heterocycles. The fourth-order valence-electron chi connectivity index (χ4n) is 6.64. The van der Waals surface area contributed by atoms with Crippen molar-refractivity contribution in [3.05, 3.63) is 58.8 Å². The second kappa shape index (κ2) is 14.0. The number of alkyl halides is 2. The van der Waals surface area contributed by atoms with Gasteiger partial charge in [0, 0.05) is 62.3 Å². The van der Waals surface area contributed by atoms with Gasteiger partial charge in [-0.2, -0.15) is 0 Å². The van der Waals surface area contributed by atoms with Gasteiger partial charge in [-0.1, -0.05) is 6.07 Å². The number of aromatic nitrogens is 1. The number of benzene rings is 2. The van der Waals surface area contributed by atoms with Crippen LogP contribution in [0.25, 0.3) is 10.9 Å². The third kappa shape index (κ3) is 7.43. The maximum Gasteiger partial charge on any atom is 0.419 e. The first kappa shape index (κ1) is 34.3. The van der Waals surface area contributed by atoms with E-state index in [-0.39, 0.29) is 24.1 Å². The number of methoxy groups -OCH3 is 2. The van der Waals surface area contributed by atoms with Crippen molar-refractivity contribution in [3.8, 4) is 5.75 Å². The Morgan fingerprint density at radius 1 is 1.04 bits per heavy atom. The Morgan fingerprint density at radius 3 is 2.47 bits per heavy atom. The summed E-state index contributed by atoms with van der Waals surface area (Å²) in [7, 11) is 2.90. The number of rotatable bonds is 8. The minimum absolute atomic E-state index is 0.0698. The summed E-state index contributed by atoms with van der Waals surface area (Å²) < 4.78 is 45.3. The molecule has 0 aliphatic carbocycles. The van der Waals surface area contributed by atoms with E-state index in [1.807, 2.05) is 52.0 Å². The summed E-state index contributed by atoms with van der Waals surface area (Å²) in [5.41, 5.74) is 3.25. The lowest BCUT2D eigenvalue weighted by Gasteiger charge is -2.42. The summed E-state index contributed by atoms with van der Waals surface area (Å²) in [6, 6.07) is 8.72. The number of amides is 1. The van der Waals surface area contributed by atoms with Crippen LogP contribution in [-0.2, 0) is 20.8 Å². The van der Waals surface area contributed by atoms with E-state index in [0.717, 1.165) is 34.9 Å². The van der Waals surface area contributed by atoms with E-state index in [0.29, 0.717) is 56.1 Å². The Morgan fingerprint density at radius 2 is 1.81 bits per heavy atom. The largest absolute Gasteiger partial charge is 0.496 e. The van der Waals surface area contributed by atoms with Gasteiger partial charge in [0.25, 0.3) is 6.43 Å². The zero-order chi connectivity index (χ0) is 34.0. The molecule has 2 aliphatic rings. The van der Waals surface area contributed by atoms with Crippen LogP contribution >= 0.6 is 0 Å². The molecule has 2 saturated heterocycles. The van der Waals surface area contributed by atoms with Gasteiger partial charge >= 0.3 is 12.1 Å². The Bertz CT molecular complexity index is 1650. The number of halogens is 2. The van der Waals surface area contributed by atoms with E-state index in [2.05, 4.69) is 4.90 Å². The van der Waals surface area contributed by atoms with E-state index >= 15 is 0 Å². The van der Waals surface area contributed by atoms with Crippen molar-refractivity contribution >= 4 is 34.6 Å². The fourth-order valence-corrected chi connectivity index (χ4v) is 6.64. The van der Waals surface area contributed by atoms with E-state index < -0.39 is 24.1 Å². The van der Waals surface area contributed by atoms with Crippen LogP contribution in [0, 0.1) is 6.92 Å². The molecule has 1 aromatic heterocycles. The molecule has 0 spiro atoms. The number of fused-ring (bicyclic) bond motifs is 1. The van der Waals surface area contributed by atoms with Crippen LogP contribution in [0.2, 0.25) is 0 Å². The maximum atomic E-state index is 13.6. The van der Waals surface area contributed by atoms with Crippen molar-refractivity contribution in [2.24, 2.45) is 0 Å². The highest BCUT2D eigenvalue weighted by molar-refractivity contribution is 6.03. The van der Waals surface area contributed by atoms with Gasteiger partial charge in [0.05, 0.1) is 37.5 Å². The number of piperazine rings is 1. The van der Waals surface area contributed by atoms with Gasteiger partial charge in [-0.15, -0.1) is 0 Å². The van der Waals surface area contributed by atoms with Crippen molar-refractivity contribution in [1.82, 2.24) is 14.4 Å². The highest BCUT2D eigenvalue weighted by Gasteiger charge is 2.33. The molecule has 2 aromatic carbocycles. The third-order valence-corrected chi connectivity index (χ3v) is 8.80. The van der Waals surface area contributed by atoms with Crippen LogP contribution in [0.5, 0.6) is 5.75 Å². The number of carbonyl (C=O) groups excluding carboxylic acids is 3. The predicted octanol–water partition coefficient (Wildman–Crippen LogP) is 6.17. The summed E-state index contributed by atoms with van der Waals surface area (Å²) >= 11 is 0. The third-order valence-electron chi connectivity index (χ3n) is 8.80. The average molecular weight is 655 g/mol. The topological polar surface area (TPSA) is 93.6 Å². The lowest BCUT2D eigenvalue weighted by atomic mass is 9.96. The average Bonchev–Trinajstić information content (AvgIpc) is 3.48. The number of anilines is 1. The van der Waals surface area contributed by atoms with Gasteiger partial charge in [0.1, 0.15) is 11.4 Å². The van der Waals surface area contributed by atoms with E-state index in [1.165, 1.54) is 11.7 Å². The van der Waals surface area contributed by atoms with Gasteiger partial charge in [-0.3, -0.25) is 19.2 Å². The second-order valence-corrected chi connectivity index (χ2v) is 13.2. The summed E-state index contributed by atoms with van der Waals surface area (Å²) in [6.45, 7) is 9.07. The standard InChI is InChI=1S/C35H44F2N4O6/c1-22-17-29(45-5)26(24-12-14-41(32(22)24)34(44)47-35(2,3)4)19-39-16-15-38(21-30(36)37)20-28(39)23-10-11-25(33(43)46-6)27(18-23)40-13-8-7-9-31(40)42/h10-12,14,17-18,28,30H,7-9,13,15-16,19-21H2,1-6H3/t28-/m0/s1. The molecule has 0 saturated carbocycles. The molecule has 3 heterocycles. The molecule has 12 heteroatoms. The van der Waals surface area contributed by atoms with Gasteiger partial charge in [0.2, 0.25) is 5.91 Å². The monoisotopic (exact) mass is 654 g/mol. The van der Waals surface area contributed by atoms with Crippen LogP contribution in [0.4, 0.5) is 19.3 Å². The first-order chi connectivity index (χ1) is 22.3. The molecule has 10 nitrogen and oxygen atoms in total. The Kier molecular flexibility index (Phi) is 10.2. The summed E-state index contributed by atoms with van der Waals surface area (Å²) in [4.78, 5) is 44.5. The zero-order valence-corrected chi connectivity index (χ0v) is 28.0. The van der Waals surface area contributed by atoms with Crippen molar-refractivity contribution < 1.29 is 37.4 Å². The van der Waals surface area contributed by atoms with Crippen molar-refractivity contribution in [3.63, 3.8) is 0 Å². The number of esters is 1. The second-order valence-electron chi connectivity index (χ2n) is 13.2. The van der Waals surface area contributed by atoms with Crippen molar-refractivity contribution in [2.75, 3.05) is 51.8 Å². The van der Waals surface area contributed by atoms with Crippen molar-refractivity contribution in [2.45, 2.75) is 71.6 Å². The molecule has 0 bridgehead atoms. The lowest BCUT2D eigenvalue weighted by molar-refractivity contribution is -0.119. The Hall–Kier alpha value is -4.03. The van der Waals surface area contributed by atoms with Crippen LogP contribution in [-0.4, -0.2) is 91.3 Å². The summed E-state index contributed by atoms with van der Waals surface area (Å²) in [5, 5.41) is 0.821. The van der Waals surface area contributed by atoms with Crippen LogP contribution in [0.15, 0.2) is 36.5 Å².